The first-order valence-electron chi connectivity index (χ1n) is 13.0. The lowest BCUT2D eigenvalue weighted by atomic mass is 9.96. The highest BCUT2D eigenvalue weighted by Crippen LogP contribution is 2.40. The van der Waals surface area contributed by atoms with Crippen LogP contribution in [0.1, 0.15) is 35.0 Å². The van der Waals surface area contributed by atoms with Gasteiger partial charge >= 0.3 is 0 Å². The number of rotatable bonds is 9. The SMILES string of the molecule is Cc1nc2ccccn2c1C(O)=C1C(=O)C(=O)N(CCCN(C)C)C1c1ccc(OCc2ccccc2)cc1. The number of Topliss-reactive ketones (excluding diaryl/α,β-unsaturated/α-hetero) is 1. The van der Waals surface area contributed by atoms with E-state index in [9.17, 15) is 14.7 Å². The van der Waals surface area contributed by atoms with Crippen LogP contribution in [-0.4, -0.2) is 63.2 Å². The molecular formula is C31H32N4O4. The number of likely N-dealkylation sites (tertiary alicyclic amines) is 1. The zero-order valence-corrected chi connectivity index (χ0v) is 22.4. The fraction of sp³-hybridized carbons (Fsp3) is 0.258. The van der Waals surface area contributed by atoms with Crippen molar-refractivity contribution in [3.63, 3.8) is 0 Å². The molecule has 5 rings (SSSR count). The van der Waals surface area contributed by atoms with Gasteiger partial charge in [0.25, 0.3) is 11.7 Å². The number of hydrogen-bond donors (Lipinski definition) is 1. The Morgan fingerprint density at radius 3 is 2.44 bits per heavy atom. The number of imidazole rings is 1. The molecule has 1 aliphatic heterocycles. The van der Waals surface area contributed by atoms with Gasteiger partial charge in [-0.05, 0) is 69.4 Å². The first-order valence-corrected chi connectivity index (χ1v) is 13.0. The van der Waals surface area contributed by atoms with Crippen LogP contribution >= 0.6 is 0 Å². The van der Waals surface area contributed by atoms with Crippen molar-refractivity contribution < 1.29 is 19.4 Å². The quantitative estimate of drug-likeness (QED) is 0.196. The summed E-state index contributed by atoms with van der Waals surface area (Å²) in [5.74, 6) is -0.868. The number of carbonyl (C=O) groups excluding carboxylic acids is 2. The van der Waals surface area contributed by atoms with Crippen molar-refractivity contribution in [3.8, 4) is 5.75 Å². The maximum atomic E-state index is 13.4. The van der Waals surface area contributed by atoms with E-state index in [1.807, 2.05) is 91.8 Å². The number of aromatic nitrogens is 2. The second-order valence-electron chi connectivity index (χ2n) is 9.97. The summed E-state index contributed by atoms with van der Waals surface area (Å²) in [6.45, 7) is 3.34. The number of amides is 1. The lowest BCUT2D eigenvalue weighted by Gasteiger charge is -2.26. The van der Waals surface area contributed by atoms with Crippen LogP contribution in [0.4, 0.5) is 0 Å². The molecule has 1 unspecified atom stereocenters. The molecule has 0 saturated carbocycles. The van der Waals surface area contributed by atoms with E-state index in [0.717, 1.165) is 17.7 Å². The second-order valence-corrected chi connectivity index (χ2v) is 9.97. The molecule has 2 aromatic heterocycles. The van der Waals surface area contributed by atoms with E-state index in [0.29, 0.717) is 42.4 Å². The number of pyridine rings is 1. The van der Waals surface area contributed by atoms with Gasteiger partial charge in [-0.3, -0.25) is 14.0 Å². The fourth-order valence-electron chi connectivity index (χ4n) is 5.03. The molecule has 1 N–H and O–H groups in total. The molecule has 1 aliphatic rings. The molecule has 1 saturated heterocycles. The number of fused-ring (bicyclic) bond motifs is 1. The van der Waals surface area contributed by atoms with Crippen molar-refractivity contribution in [1.82, 2.24) is 19.2 Å². The third-order valence-corrected chi connectivity index (χ3v) is 6.92. The Labute approximate surface area is 227 Å². The minimum atomic E-state index is -0.732. The van der Waals surface area contributed by atoms with Gasteiger partial charge < -0.3 is 19.6 Å². The van der Waals surface area contributed by atoms with Crippen LogP contribution in [0.5, 0.6) is 5.75 Å². The minimum Gasteiger partial charge on any atom is -0.505 e. The van der Waals surface area contributed by atoms with Gasteiger partial charge in [-0.25, -0.2) is 4.98 Å². The molecule has 0 radical (unpaired) electrons. The summed E-state index contributed by atoms with van der Waals surface area (Å²) >= 11 is 0. The Balaban J connectivity index is 1.53. The maximum absolute atomic E-state index is 13.4. The fourth-order valence-corrected chi connectivity index (χ4v) is 5.03. The highest BCUT2D eigenvalue weighted by atomic mass is 16.5. The van der Waals surface area contributed by atoms with E-state index in [1.54, 1.807) is 22.4 Å². The third-order valence-electron chi connectivity index (χ3n) is 6.92. The number of aryl methyl sites for hydroxylation is 1. The van der Waals surface area contributed by atoms with Crippen LogP contribution in [0.25, 0.3) is 11.4 Å². The lowest BCUT2D eigenvalue weighted by Crippen LogP contribution is -2.32. The summed E-state index contributed by atoms with van der Waals surface area (Å²) in [4.78, 5) is 34.9. The van der Waals surface area contributed by atoms with Crippen LogP contribution in [-0.2, 0) is 16.2 Å². The van der Waals surface area contributed by atoms with Crippen molar-refractivity contribution in [1.29, 1.82) is 0 Å². The number of nitrogens with zero attached hydrogens (tertiary/aromatic N) is 4. The van der Waals surface area contributed by atoms with Crippen LogP contribution in [0.2, 0.25) is 0 Å². The van der Waals surface area contributed by atoms with Gasteiger partial charge in [-0.2, -0.15) is 0 Å². The Hall–Kier alpha value is -4.43. The molecule has 39 heavy (non-hydrogen) atoms. The van der Waals surface area contributed by atoms with Crippen LogP contribution in [0.3, 0.4) is 0 Å². The molecule has 3 heterocycles. The summed E-state index contributed by atoms with van der Waals surface area (Å²) in [5, 5.41) is 11.6. The first-order chi connectivity index (χ1) is 18.8. The van der Waals surface area contributed by atoms with E-state index in [2.05, 4.69) is 4.98 Å². The number of aliphatic hydroxyl groups is 1. The second kappa shape index (κ2) is 11.1. The molecule has 8 nitrogen and oxygen atoms in total. The summed E-state index contributed by atoms with van der Waals surface area (Å²) in [7, 11) is 3.93. The molecule has 8 heteroatoms. The predicted octanol–water partition coefficient (Wildman–Crippen LogP) is 4.60. The van der Waals surface area contributed by atoms with Crippen molar-refractivity contribution in [2.75, 3.05) is 27.2 Å². The van der Waals surface area contributed by atoms with E-state index >= 15 is 0 Å². The van der Waals surface area contributed by atoms with E-state index < -0.39 is 17.7 Å². The van der Waals surface area contributed by atoms with Crippen LogP contribution in [0, 0.1) is 6.92 Å². The van der Waals surface area contributed by atoms with Crippen LogP contribution < -0.4 is 4.74 Å². The monoisotopic (exact) mass is 524 g/mol. The van der Waals surface area contributed by atoms with Gasteiger partial charge in [-0.15, -0.1) is 0 Å². The average Bonchev–Trinajstić information content (AvgIpc) is 3.40. The Morgan fingerprint density at radius 1 is 1.00 bits per heavy atom. The molecule has 1 fully saturated rings. The smallest absolute Gasteiger partial charge is 0.295 e. The molecular weight excluding hydrogens is 492 g/mol. The maximum Gasteiger partial charge on any atom is 0.295 e. The molecule has 200 valence electrons. The molecule has 2 aromatic carbocycles. The number of hydrogen-bond acceptors (Lipinski definition) is 6. The Bertz CT molecular complexity index is 1520. The Kier molecular flexibility index (Phi) is 7.47. The van der Waals surface area contributed by atoms with Gasteiger partial charge in [0.1, 0.15) is 23.7 Å². The lowest BCUT2D eigenvalue weighted by molar-refractivity contribution is -0.139. The summed E-state index contributed by atoms with van der Waals surface area (Å²) in [5.41, 5.74) is 3.47. The predicted molar refractivity (Wildman–Crippen MR) is 149 cm³/mol. The largest absolute Gasteiger partial charge is 0.505 e. The normalized spacial score (nSPS) is 16.9. The first kappa shape index (κ1) is 26.2. The topological polar surface area (TPSA) is 87.4 Å². The highest BCUT2D eigenvalue weighted by molar-refractivity contribution is 6.46. The van der Waals surface area contributed by atoms with Crippen molar-refractivity contribution in [2.45, 2.75) is 26.0 Å². The van der Waals surface area contributed by atoms with Gasteiger partial charge in [-0.1, -0.05) is 48.5 Å². The molecule has 1 atom stereocenters. The molecule has 4 aromatic rings. The van der Waals surface area contributed by atoms with E-state index in [-0.39, 0.29) is 11.3 Å². The summed E-state index contributed by atoms with van der Waals surface area (Å²) < 4.78 is 7.68. The molecule has 0 spiro atoms. The number of ketones is 1. The number of ether oxygens (including phenoxy) is 1. The van der Waals surface area contributed by atoms with Gasteiger partial charge in [0, 0.05) is 12.7 Å². The van der Waals surface area contributed by atoms with Crippen molar-refractivity contribution in [3.05, 3.63) is 107 Å². The molecule has 0 bridgehead atoms. The molecule has 0 aliphatic carbocycles. The van der Waals surface area contributed by atoms with Gasteiger partial charge in [0.2, 0.25) is 0 Å². The third kappa shape index (κ3) is 5.28. The zero-order chi connectivity index (χ0) is 27.5. The summed E-state index contributed by atoms with van der Waals surface area (Å²) in [6, 6.07) is 22.0. The van der Waals surface area contributed by atoms with Gasteiger partial charge in [0.05, 0.1) is 17.3 Å². The van der Waals surface area contributed by atoms with E-state index in [1.165, 1.54) is 0 Å². The number of benzene rings is 2. The average molecular weight is 525 g/mol. The van der Waals surface area contributed by atoms with Crippen molar-refractivity contribution >= 4 is 23.1 Å². The van der Waals surface area contributed by atoms with Gasteiger partial charge in [0.15, 0.2) is 5.76 Å². The minimum absolute atomic E-state index is 0.0663. The standard InChI is InChI=1S/C31H32N4O4/c1-21-27(34-18-8-7-12-25(34)32-21)29(36)26-28(35(31(38)30(26)37)19-9-17-33(2)3)23-13-15-24(16-14-23)39-20-22-10-5-4-6-11-22/h4-8,10-16,18,28,36H,9,17,19-20H2,1-3H3. The van der Waals surface area contributed by atoms with E-state index in [4.69, 9.17) is 4.74 Å². The number of aliphatic hydroxyl groups excluding tert-OH is 1. The number of carbonyl (C=O) groups is 2. The Morgan fingerprint density at radius 2 is 1.72 bits per heavy atom. The van der Waals surface area contributed by atoms with Crippen molar-refractivity contribution in [2.24, 2.45) is 0 Å². The highest BCUT2D eigenvalue weighted by Gasteiger charge is 2.46. The zero-order valence-electron chi connectivity index (χ0n) is 22.4. The van der Waals surface area contributed by atoms with Crippen LogP contribution in [0.15, 0.2) is 84.6 Å². The summed E-state index contributed by atoms with van der Waals surface area (Å²) in [6.07, 6.45) is 2.47. The molecule has 1 amide bonds.